The Labute approximate surface area is 63.1 Å². The fourth-order valence-corrected chi connectivity index (χ4v) is 0.598. The van der Waals surface area contributed by atoms with Crippen molar-refractivity contribution in [1.29, 1.82) is 0 Å². The van der Waals surface area contributed by atoms with Crippen LogP contribution in [0.1, 0.15) is 20.3 Å². The maximum Gasteiger partial charge on any atom is 0.0624 e. The van der Waals surface area contributed by atoms with Crippen molar-refractivity contribution in [3.63, 3.8) is 0 Å². The second-order valence-corrected chi connectivity index (χ2v) is 2.67. The molecule has 0 saturated heterocycles. The molecule has 1 unspecified atom stereocenters. The van der Waals surface area contributed by atoms with Crippen LogP contribution in [0.25, 0.3) is 0 Å². The summed E-state index contributed by atoms with van der Waals surface area (Å²) in [5, 5.41) is 0. The molecule has 0 spiro atoms. The molecule has 0 rings (SSSR count). The Hall–Kier alpha value is -0.340. The molecule has 0 amide bonds. The van der Waals surface area contributed by atoms with Crippen molar-refractivity contribution in [3.8, 4) is 0 Å². The second kappa shape index (κ2) is 5.45. The number of hydrogen-bond donors (Lipinski definition) is 1. The van der Waals surface area contributed by atoms with Gasteiger partial charge >= 0.3 is 0 Å². The molecule has 60 valence electrons. The van der Waals surface area contributed by atoms with Gasteiger partial charge in [-0.25, -0.2) is 0 Å². The van der Waals surface area contributed by atoms with E-state index in [0.717, 1.165) is 6.42 Å². The minimum absolute atomic E-state index is 0.111. The highest BCUT2D eigenvalue weighted by Gasteiger charge is 2.00. The lowest BCUT2D eigenvalue weighted by Crippen LogP contribution is -2.26. The van der Waals surface area contributed by atoms with Crippen molar-refractivity contribution in [2.45, 2.75) is 32.4 Å². The van der Waals surface area contributed by atoms with Gasteiger partial charge in [0.1, 0.15) is 0 Å². The van der Waals surface area contributed by atoms with Crippen molar-refractivity contribution in [2.24, 2.45) is 5.73 Å². The maximum atomic E-state index is 5.64. The van der Waals surface area contributed by atoms with Gasteiger partial charge in [-0.3, -0.25) is 0 Å². The fourth-order valence-electron chi connectivity index (χ4n) is 0.598. The zero-order valence-electron chi connectivity index (χ0n) is 6.84. The highest BCUT2D eigenvalue weighted by molar-refractivity contribution is 4.74. The third-order valence-electron chi connectivity index (χ3n) is 1.11. The normalized spacial score (nSPS) is 13.6. The summed E-state index contributed by atoms with van der Waals surface area (Å²) in [5.74, 6) is 0. The Balaban J connectivity index is 3.20. The lowest BCUT2D eigenvalue weighted by Gasteiger charge is -2.11. The van der Waals surface area contributed by atoms with E-state index < -0.39 is 0 Å². The van der Waals surface area contributed by atoms with Crippen LogP contribution in [0, 0.1) is 0 Å². The molecule has 0 aliphatic rings. The molecule has 2 nitrogen and oxygen atoms in total. The fraction of sp³-hybridized carbons (Fsp3) is 0.750. The van der Waals surface area contributed by atoms with Gasteiger partial charge in [0.2, 0.25) is 0 Å². The van der Waals surface area contributed by atoms with Gasteiger partial charge in [-0.05, 0) is 20.3 Å². The van der Waals surface area contributed by atoms with Gasteiger partial charge < -0.3 is 10.5 Å². The molecule has 0 aliphatic carbocycles. The zero-order chi connectivity index (χ0) is 7.98. The molecular formula is C8H17NO. The van der Waals surface area contributed by atoms with E-state index in [2.05, 4.69) is 6.58 Å². The standard InChI is InChI=1S/C8H17NO/c1-4-5-8(9)6-10-7(2)3/h4,7-8H,1,5-6,9H2,2-3H3. The minimum atomic E-state index is 0.111. The van der Waals surface area contributed by atoms with E-state index in [0.29, 0.717) is 6.61 Å². The van der Waals surface area contributed by atoms with Crippen LogP contribution in [-0.4, -0.2) is 18.8 Å². The SMILES string of the molecule is C=CCC(N)COC(C)C. The van der Waals surface area contributed by atoms with Crippen molar-refractivity contribution >= 4 is 0 Å². The van der Waals surface area contributed by atoms with E-state index in [4.69, 9.17) is 10.5 Å². The van der Waals surface area contributed by atoms with Gasteiger partial charge in [0.25, 0.3) is 0 Å². The number of nitrogens with two attached hydrogens (primary N) is 1. The molecule has 0 aromatic rings. The molecule has 0 fully saturated rings. The highest BCUT2D eigenvalue weighted by atomic mass is 16.5. The molecule has 10 heavy (non-hydrogen) atoms. The largest absolute Gasteiger partial charge is 0.377 e. The third kappa shape index (κ3) is 5.79. The Bertz CT molecular complexity index is 91.3. The van der Waals surface area contributed by atoms with E-state index in [1.54, 1.807) is 0 Å². The van der Waals surface area contributed by atoms with Crippen molar-refractivity contribution in [2.75, 3.05) is 6.61 Å². The first-order valence-electron chi connectivity index (χ1n) is 3.65. The van der Waals surface area contributed by atoms with Crippen LogP contribution in [0.3, 0.4) is 0 Å². The van der Waals surface area contributed by atoms with Gasteiger partial charge in [0.05, 0.1) is 12.7 Å². The summed E-state index contributed by atoms with van der Waals surface area (Å²) in [4.78, 5) is 0. The second-order valence-electron chi connectivity index (χ2n) is 2.67. The summed E-state index contributed by atoms with van der Waals surface area (Å²) in [6.45, 7) is 8.22. The third-order valence-corrected chi connectivity index (χ3v) is 1.11. The molecule has 0 aromatic heterocycles. The van der Waals surface area contributed by atoms with Crippen LogP contribution in [0.5, 0.6) is 0 Å². The first-order valence-corrected chi connectivity index (χ1v) is 3.65. The quantitative estimate of drug-likeness (QED) is 0.589. The van der Waals surface area contributed by atoms with Gasteiger partial charge in [-0.1, -0.05) is 6.08 Å². The Morgan fingerprint density at radius 3 is 2.60 bits per heavy atom. The average Bonchev–Trinajstić information content (AvgIpc) is 1.85. The summed E-state index contributed by atoms with van der Waals surface area (Å²) in [7, 11) is 0. The van der Waals surface area contributed by atoms with Gasteiger partial charge in [-0.15, -0.1) is 6.58 Å². The Kier molecular flexibility index (Phi) is 5.26. The van der Waals surface area contributed by atoms with Gasteiger partial charge in [0, 0.05) is 6.04 Å². The van der Waals surface area contributed by atoms with Crippen molar-refractivity contribution < 1.29 is 4.74 Å². The molecule has 0 aliphatic heterocycles. The van der Waals surface area contributed by atoms with Crippen LogP contribution < -0.4 is 5.73 Å². The maximum absolute atomic E-state index is 5.64. The summed E-state index contributed by atoms with van der Waals surface area (Å²) in [6.07, 6.45) is 2.91. The van der Waals surface area contributed by atoms with Crippen molar-refractivity contribution in [3.05, 3.63) is 12.7 Å². The van der Waals surface area contributed by atoms with Crippen LogP contribution in [0.15, 0.2) is 12.7 Å². The highest BCUT2D eigenvalue weighted by Crippen LogP contribution is 1.93. The van der Waals surface area contributed by atoms with E-state index >= 15 is 0 Å². The molecule has 0 heterocycles. The van der Waals surface area contributed by atoms with E-state index in [9.17, 15) is 0 Å². The van der Waals surface area contributed by atoms with Crippen LogP contribution in [-0.2, 0) is 4.74 Å². The van der Waals surface area contributed by atoms with E-state index in [-0.39, 0.29) is 12.1 Å². The summed E-state index contributed by atoms with van der Waals surface area (Å²) < 4.78 is 5.28. The van der Waals surface area contributed by atoms with E-state index in [1.807, 2.05) is 19.9 Å². The molecule has 1 atom stereocenters. The summed E-state index contributed by atoms with van der Waals surface area (Å²) in [6, 6.07) is 0.111. The first kappa shape index (κ1) is 9.66. The van der Waals surface area contributed by atoms with Gasteiger partial charge in [0.15, 0.2) is 0 Å². The van der Waals surface area contributed by atoms with Crippen LogP contribution >= 0.6 is 0 Å². The number of hydrogen-bond acceptors (Lipinski definition) is 2. The van der Waals surface area contributed by atoms with Crippen molar-refractivity contribution in [1.82, 2.24) is 0 Å². The zero-order valence-corrected chi connectivity index (χ0v) is 6.84. The predicted octanol–water partition coefficient (Wildman–Crippen LogP) is 1.31. The smallest absolute Gasteiger partial charge is 0.0624 e. The Morgan fingerprint density at radius 2 is 2.20 bits per heavy atom. The average molecular weight is 143 g/mol. The van der Waals surface area contributed by atoms with Gasteiger partial charge in [-0.2, -0.15) is 0 Å². The summed E-state index contributed by atoms with van der Waals surface area (Å²) in [5.41, 5.74) is 5.64. The molecular weight excluding hydrogens is 126 g/mol. The molecule has 2 heteroatoms. The monoisotopic (exact) mass is 143 g/mol. The lowest BCUT2D eigenvalue weighted by molar-refractivity contribution is 0.0688. The van der Waals surface area contributed by atoms with E-state index in [1.165, 1.54) is 0 Å². The lowest BCUT2D eigenvalue weighted by atomic mass is 10.2. The number of ether oxygens (including phenoxy) is 1. The molecule has 0 radical (unpaired) electrons. The van der Waals surface area contributed by atoms with Crippen LogP contribution in [0.4, 0.5) is 0 Å². The first-order chi connectivity index (χ1) is 4.66. The predicted molar refractivity (Wildman–Crippen MR) is 43.9 cm³/mol. The van der Waals surface area contributed by atoms with Crippen LogP contribution in [0.2, 0.25) is 0 Å². The Morgan fingerprint density at radius 1 is 1.60 bits per heavy atom. The molecule has 0 bridgehead atoms. The molecule has 0 saturated carbocycles. The number of rotatable bonds is 5. The molecule has 0 aromatic carbocycles. The molecule has 2 N–H and O–H groups in total. The summed E-state index contributed by atoms with van der Waals surface area (Å²) >= 11 is 0. The minimum Gasteiger partial charge on any atom is -0.377 e. The topological polar surface area (TPSA) is 35.2 Å².